The van der Waals surface area contributed by atoms with Crippen molar-refractivity contribution in [1.82, 2.24) is 5.32 Å². The van der Waals surface area contributed by atoms with E-state index >= 15 is 0 Å². The Morgan fingerprint density at radius 2 is 1.56 bits per heavy atom. The third-order valence-electron chi connectivity index (χ3n) is 1.59. The van der Waals surface area contributed by atoms with Crippen LogP contribution in [-0.2, 0) is 9.59 Å². The maximum atomic E-state index is 10.1. The van der Waals surface area contributed by atoms with Gasteiger partial charge in [0.2, 0.25) is 0 Å². The molecule has 1 N–H and O–H groups in total. The maximum absolute atomic E-state index is 10.1. The van der Waals surface area contributed by atoms with E-state index in [0.29, 0.717) is 29.5 Å². The molecule has 0 saturated carbocycles. The molecule has 0 saturated heterocycles. The fourth-order valence-corrected chi connectivity index (χ4v) is 1.89. The van der Waals surface area contributed by atoms with Gasteiger partial charge in [-0.3, -0.25) is 0 Å². The molecule has 0 aliphatic rings. The van der Waals surface area contributed by atoms with Crippen molar-refractivity contribution >= 4 is 40.2 Å². The van der Waals surface area contributed by atoms with Crippen molar-refractivity contribution < 1.29 is 123 Å². The summed E-state index contributed by atoms with van der Waals surface area (Å²) in [6, 6.07) is 0. The molecule has 0 aromatic carbocycles. The summed E-state index contributed by atoms with van der Waals surface area (Å²) < 4.78 is 0.552. The molecule has 0 rings (SSSR count). The van der Waals surface area contributed by atoms with Gasteiger partial charge >= 0.3 is 103 Å². The summed E-state index contributed by atoms with van der Waals surface area (Å²) in [4.78, 5) is 20.2. The smallest absolute Gasteiger partial charge is 0.550 e. The van der Waals surface area contributed by atoms with Crippen molar-refractivity contribution in [2.24, 2.45) is 0 Å². The number of rotatable bonds is 8. The van der Waals surface area contributed by atoms with Gasteiger partial charge in [0.05, 0.1) is 0 Å². The Hall–Kier alpha value is 2.45. The van der Waals surface area contributed by atoms with Crippen LogP contribution in [0.2, 0.25) is 0 Å². The van der Waals surface area contributed by atoms with Crippen LogP contribution in [0.5, 0.6) is 0 Å². The standard InChI is InChI=1S/C9H15NO4S2.2K/c11-7(12)3-1-5-10-9(15)16-6-2-4-8(13)14;;/h1-6H2,(H,10,15)(H,11,12)(H,13,14);;/q;2*+1/p-2. The topological polar surface area (TPSA) is 92.3 Å². The Labute approximate surface area is 201 Å². The Morgan fingerprint density at radius 3 is 2.06 bits per heavy atom. The molecule has 0 heterocycles. The van der Waals surface area contributed by atoms with E-state index in [0.717, 1.165) is 0 Å². The zero-order valence-corrected chi connectivity index (χ0v) is 18.6. The second kappa shape index (κ2) is 17.5. The van der Waals surface area contributed by atoms with E-state index in [1.54, 1.807) is 0 Å². The maximum Gasteiger partial charge on any atom is 1.00 e. The molecule has 0 atom stereocenters. The quantitative estimate of drug-likeness (QED) is 0.266. The van der Waals surface area contributed by atoms with Gasteiger partial charge in [-0.05, 0) is 25.7 Å². The molecule has 0 radical (unpaired) electrons. The number of nitrogens with one attached hydrogen (secondary N) is 1. The summed E-state index contributed by atoms with van der Waals surface area (Å²) in [5.41, 5.74) is 0. The molecule has 0 aromatic heterocycles. The first kappa shape index (κ1) is 25.4. The van der Waals surface area contributed by atoms with Gasteiger partial charge in [-0.1, -0.05) is 24.0 Å². The van der Waals surface area contributed by atoms with Gasteiger partial charge in [0.1, 0.15) is 4.32 Å². The normalized spacial score (nSPS) is 8.67. The molecule has 9 heteroatoms. The van der Waals surface area contributed by atoms with Crippen molar-refractivity contribution in [2.75, 3.05) is 12.3 Å². The van der Waals surface area contributed by atoms with E-state index < -0.39 is 11.9 Å². The minimum absolute atomic E-state index is 0. The van der Waals surface area contributed by atoms with Crippen molar-refractivity contribution in [3.8, 4) is 0 Å². The van der Waals surface area contributed by atoms with Crippen LogP contribution in [0.1, 0.15) is 25.7 Å². The van der Waals surface area contributed by atoms with E-state index in [1.807, 2.05) is 0 Å². The molecule has 0 spiro atoms. The molecule has 0 amide bonds. The fraction of sp³-hybridized carbons (Fsp3) is 0.667. The first-order valence-corrected chi connectivity index (χ1v) is 6.22. The molecule has 18 heavy (non-hydrogen) atoms. The largest absolute Gasteiger partial charge is 1.00 e. The van der Waals surface area contributed by atoms with Gasteiger partial charge in [-0.25, -0.2) is 0 Å². The number of thiocarbonyl (C=S) groups is 1. The van der Waals surface area contributed by atoms with Crippen LogP contribution in [0.3, 0.4) is 0 Å². The van der Waals surface area contributed by atoms with Gasteiger partial charge in [-0.15, -0.1) is 0 Å². The Kier molecular flexibility index (Phi) is 24.7. The third-order valence-corrected chi connectivity index (χ3v) is 2.98. The predicted octanol–water partition coefficient (Wildman–Crippen LogP) is -7.34. The second-order valence-corrected chi connectivity index (χ2v) is 4.79. The van der Waals surface area contributed by atoms with Gasteiger partial charge in [-0.2, -0.15) is 0 Å². The fourth-order valence-electron chi connectivity index (χ4n) is 0.856. The van der Waals surface area contributed by atoms with E-state index in [1.165, 1.54) is 11.8 Å². The number of carbonyl (C=O) groups excluding carboxylic acids is 2. The van der Waals surface area contributed by atoms with Crippen molar-refractivity contribution in [1.29, 1.82) is 0 Å². The van der Waals surface area contributed by atoms with Crippen LogP contribution in [0.4, 0.5) is 0 Å². The number of hydrogen-bond donors (Lipinski definition) is 1. The molecule has 0 aromatic rings. The molecule has 0 aliphatic carbocycles. The van der Waals surface area contributed by atoms with Crippen LogP contribution in [0.15, 0.2) is 0 Å². The molecular formula is C9H13K2NO4S2. The van der Waals surface area contributed by atoms with E-state index in [9.17, 15) is 19.8 Å². The van der Waals surface area contributed by atoms with Crippen LogP contribution in [0, 0.1) is 0 Å². The van der Waals surface area contributed by atoms with Crippen LogP contribution in [-0.4, -0.2) is 28.6 Å². The van der Waals surface area contributed by atoms with E-state index in [2.05, 4.69) is 5.32 Å². The van der Waals surface area contributed by atoms with Gasteiger partial charge < -0.3 is 25.1 Å². The molecule has 92 valence electrons. The molecule has 5 nitrogen and oxygen atoms in total. The number of aliphatic carboxylic acids is 2. The number of carboxylic acid groups (broad SMARTS) is 2. The van der Waals surface area contributed by atoms with Gasteiger partial charge in [0.15, 0.2) is 0 Å². The first-order valence-electron chi connectivity index (χ1n) is 4.82. The molecule has 0 aliphatic heterocycles. The molecule has 0 bridgehead atoms. The summed E-state index contributed by atoms with van der Waals surface area (Å²) >= 11 is 6.28. The third kappa shape index (κ3) is 20.8. The average Bonchev–Trinajstić information content (AvgIpc) is 2.19. The van der Waals surface area contributed by atoms with Crippen molar-refractivity contribution in [3.05, 3.63) is 0 Å². The van der Waals surface area contributed by atoms with Crippen molar-refractivity contribution in [2.45, 2.75) is 25.7 Å². The first-order chi connectivity index (χ1) is 7.52. The van der Waals surface area contributed by atoms with Crippen LogP contribution >= 0.6 is 24.0 Å². The Balaban J connectivity index is -0.00000112. The minimum atomic E-state index is -1.07. The summed E-state index contributed by atoms with van der Waals surface area (Å²) in [5, 5.41) is 23.0. The Bertz CT molecular complexity index is 243. The number of carboxylic acids is 2. The zero-order valence-electron chi connectivity index (χ0n) is 10.7. The summed E-state index contributed by atoms with van der Waals surface area (Å²) in [6.07, 6.45) is 1.00. The Morgan fingerprint density at radius 1 is 1.06 bits per heavy atom. The second-order valence-electron chi connectivity index (χ2n) is 3.01. The summed E-state index contributed by atoms with van der Waals surface area (Å²) in [5.74, 6) is -1.52. The monoisotopic (exact) mass is 341 g/mol. The summed E-state index contributed by atoms with van der Waals surface area (Å²) in [7, 11) is 0. The SMILES string of the molecule is O=C([O-])CCCNC(=S)SCCCC(=O)[O-].[K+].[K+]. The number of thioether (sulfide) groups is 1. The summed E-state index contributed by atoms with van der Waals surface area (Å²) in [6.45, 7) is 0.486. The predicted molar refractivity (Wildman–Crippen MR) is 61.5 cm³/mol. The van der Waals surface area contributed by atoms with Crippen molar-refractivity contribution in [3.63, 3.8) is 0 Å². The van der Waals surface area contributed by atoms with Crippen LogP contribution in [0.25, 0.3) is 0 Å². The van der Waals surface area contributed by atoms with Gasteiger partial charge in [0.25, 0.3) is 0 Å². The zero-order chi connectivity index (χ0) is 12.4. The number of hydrogen-bond acceptors (Lipinski definition) is 6. The molecule has 0 fully saturated rings. The average molecular weight is 342 g/mol. The molecular weight excluding hydrogens is 328 g/mol. The van der Waals surface area contributed by atoms with E-state index in [-0.39, 0.29) is 116 Å². The van der Waals surface area contributed by atoms with Crippen LogP contribution < -0.4 is 118 Å². The van der Waals surface area contributed by atoms with E-state index in [4.69, 9.17) is 12.2 Å². The minimum Gasteiger partial charge on any atom is -0.550 e. The molecule has 0 unspecified atom stereocenters. The number of carbonyl (C=O) groups is 2. The van der Waals surface area contributed by atoms with Gasteiger partial charge in [0, 0.05) is 24.2 Å².